The lowest BCUT2D eigenvalue weighted by Crippen LogP contribution is -1.85. The second-order valence-electron chi connectivity index (χ2n) is 16.0. The zero-order valence-corrected chi connectivity index (χ0v) is 32.0. The molecule has 1 heteroatoms. The van der Waals surface area contributed by atoms with Crippen molar-refractivity contribution in [1.82, 2.24) is 0 Å². The van der Waals surface area contributed by atoms with E-state index < -0.39 is 0 Å². The van der Waals surface area contributed by atoms with E-state index in [0.29, 0.717) is 0 Å². The Labute approximate surface area is 340 Å². The number of rotatable bonds is 3. The van der Waals surface area contributed by atoms with Gasteiger partial charge < -0.3 is 4.42 Å². The van der Waals surface area contributed by atoms with Crippen LogP contribution in [0.25, 0.3) is 131 Å². The normalized spacial score (nSPS) is 12.1. The van der Waals surface area contributed by atoms with Gasteiger partial charge >= 0.3 is 0 Å². The predicted molar refractivity (Wildman–Crippen MR) is 253 cm³/mol. The maximum absolute atomic E-state index is 6.65. The first-order chi connectivity index (χ1) is 29.2. The molecule has 1 aromatic heterocycles. The van der Waals surface area contributed by atoms with E-state index in [2.05, 4.69) is 206 Å². The van der Waals surface area contributed by atoms with Gasteiger partial charge in [0.05, 0.1) is 0 Å². The van der Waals surface area contributed by atoms with Crippen molar-refractivity contribution in [2.75, 3.05) is 0 Å². The molecule has 0 amide bonds. The molecular weight excluding hydrogens is 713 g/mol. The van der Waals surface area contributed by atoms with Crippen LogP contribution in [-0.2, 0) is 0 Å². The summed E-state index contributed by atoms with van der Waals surface area (Å²) in [7, 11) is 0. The lowest BCUT2D eigenvalue weighted by atomic mass is 9.91. The fraction of sp³-hybridized carbons (Fsp3) is 0. The van der Waals surface area contributed by atoms with Gasteiger partial charge in [-0.3, -0.25) is 0 Å². The minimum Gasteiger partial charge on any atom is -0.456 e. The van der Waals surface area contributed by atoms with E-state index in [1.165, 1.54) is 97.7 Å². The highest BCUT2D eigenvalue weighted by molar-refractivity contribution is 6.27. The van der Waals surface area contributed by atoms with Gasteiger partial charge in [0.2, 0.25) is 0 Å². The first-order valence-electron chi connectivity index (χ1n) is 20.4. The summed E-state index contributed by atoms with van der Waals surface area (Å²) >= 11 is 0. The van der Waals surface area contributed by atoms with E-state index in [4.69, 9.17) is 4.42 Å². The van der Waals surface area contributed by atoms with Crippen molar-refractivity contribution in [2.24, 2.45) is 0 Å². The Balaban J connectivity index is 0.876. The highest BCUT2D eigenvalue weighted by Crippen LogP contribution is 2.41. The third-order valence-corrected chi connectivity index (χ3v) is 12.8. The first-order valence-corrected chi connectivity index (χ1v) is 20.4. The molecule has 13 rings (SSSR count). The quantitative estimate of drug-likeness (QED) is 0.164. The Bertz CT molecular complexity index is 3830. The Hall–Kier alpha value is -7.74. The third-order valence-electron chi connectivity index (χ3n) is 12.8. The molecule has 0 saturated carbocycles. The van der Waals surface area contributed by atoms with E-state index in [1.54, 1.807) is 0 Å². The minimum absolute atomic E-state index is 0.899. The molecule has 0 unspecified atom stereocenters. The molecule has 0 spiro atoms. The molecule has 0 atom stereocenters. The molecule has 0 N–H and O–H groups in total. The van der Waals surface area contributed by atoms with Gasteiger partial charge in [0.25, 0.3) is 0 Å². The largest absolute Gasteiger partial charge is 0.456 e. The van der Waals surface area contributed by atoms with Gasteiger partial charge in [-0.05, 0) is 157 Å². The second kappa shape index (κ2) is 12.4. The second-order valence-corrected chi connectivity index (χ2v) is 16.0. The SMILES string of the molecule is c1ccc2c(c1)c1ccccc1c1cc(-c3ccc4ccc(-c5ccc6c(c5)oc5cc(-c7ccc8c9ccccc9c9ccccc9c8c7)ccc56)cc4c3)ccc21. The van der Waals surface area contributed by atoms with Gasteiger partial charge in [-0.15, -0.1) is 0 Å². The van der Waals surface area contributed by atoms with Crippen LogP contribution in [-0.4, -0.2) is 0 Å². The standard InChI is InChI=1S/C58H34O/c1-3-13-47-43(9-1)45-11-5-7-15-49(45)55-31-38(21-25-51(47)55)36-19-17-35-18-20-37(30-42(35)29-36)40-23-27-53-54-28-24-41(34-58(54)59-57(53)33-40)39-22-26-52-48-14-4-2-10-44(48)46-12-6-8-16-50(46)56(52)32-39/h1-34H. The smallest absolute Gasteiger partial charge is 0.136 e. The molecule has 0 saturated heterocycles. The highest BCUT2D eigenvalue weighted by Gasteiger charge is 2.14. The number of furan rings is 1. The van der Waals surface area contributed by atoms with Crippen molar-refractivity contribution < 1.29 is 4.42 Å². The summed E-state index contributed by atoms with van der Waals surface area (Å²) in [6, 6.07) is 75.8. The van der Waals surface area contributed by atoms with Gasteiger partial charge in [0.15, 0.2) is 0 Å². The molecule has 0 bridgehead atoms. The Morgan fingerprint density at radius 3 is 0.831 bits per heavy atom. The van der Waals surface area contributed by atoms with Crippen molar-refractivity contribution in [3.8, 4) is 33.4 Å². The van der Waals surface area contributed by atoms with Crippen LogP contribution in [0.2, 0.25) is 0 Å². The molecule has 0 aliphatic carbocycles. The van der Waals surface area contributed by atoms with E-state index in [9.17, 15) is 0 Å². The fourth-order valence-electron chi connectivity index (χ4n) is 9.92. The van der Waals surface area contributed by atoms with Crippen LogP contribution in [0.5, 0.6) is 0 Å². The van der Waals surface area contributed by atoms with Gasteiger partial charge in [-0.25, -0.2) is 0 Å². The molecule has 0 radical (unpaired) electrons. The van der Waals surface area contributed by atoms with Crippen molar-refractivity contribution in [3.05, 3.63) is 206 Å². The number of hydrogen-bond acceptors (Lipinski definition) is 1. The summed E-state index contributed by atoms with van der Waals surface area (Å²) in [6.45, 7) is 0. The van der Waals surface area contributed by atoms with Crippen LogP contribution < -0.4 is 0 Å². The molecule has 1 heterocycles. The Morgan fingerprint density at radius 1 is 0.186 bits per heavy atom. The van der Waals surface area contributed by atoms with Crippen LogP contribution in [0.1, 0.15) is 0 Å². The Morgan fingerprint density at radius 2 is 0.458 bits per heavy atom. The molecular formula is C58H34O. The Kier molecular flexibility index (Phi) is 6.79. The lowest BCUT2D eigenvalue weighted by Gasteiger charge is -2.12. The van der Waals surface area contributed by atoms with Gasteiger partial charge in [-0.1, -0.05) is 158 Å². The topological polar surface area (TPSA) is 13.1 Å². The highest BCUT2D eigenvalue weighted by atomic mass is 16.3. The van der Waals surface area contributed by atoms with Crippen molar-refractivity contribution in [3.63, 3.8) is 0 Å². The van der Waals surface area contributed by atoms with Crippen LogP contribution in [0.15, 0.2) is 211 Å². The van der Waals surface area contributed by atoms with Crippen molar-refractivity contribution in [1.29, 1.82) is 0 Å². The molecule has 272 valence electrons. The van der Waals surface area contributed by atoms with Gasteiger partial charge in [0, 0.05) is 10.8 Å². The van der Waals surface area contributed by atoms with Crippen LogP contribution >= 0.6 is 0 Å². The monoisotopic (exact) mass is 746 g/mol. The van der Waals surface area contributed by atoms with Gasteiger partial charge in [0.1, 0.15) is 11.2 Å². The van der Waals surface area contributed by atoms with E-state index in [1.807, 2.05) is 0 Å². The third kappa shape index (κ3) is 4.92. The van der Waals surface area contributed by atoms with Gasteiger partial charge in [-0.2, -0.15) is 0 Å². The zero-order chi connectivity index (χ0) is 38.6. The first kappa shape index (κ1) is 32.4. The maximum Gasteiger partial charge on any atom is 0.136 e. The summed E-state index contributed by atoms with van der Waals surface area (Å²) in [5.74, 6) is 0. The fourth-order valence-corrected chi connectivity index (χ4v) is 9.92. The predicted octanol–water partition coefficient (Wildman–Crippen LogP) is 16.7. The van der Waals surface area contributed by atoms with Crippen LogP contribution in [0.4, 0.5) is 0 Å². The summed E-state index contributed by atoms with van der Waals surface area (Å²) in [6.07, 6.45) is 0. The molecule has 0 aliphatic rings. The maximum atomic E-state index is 6.65. The molecule has 0 fully saturated rings. The number of benzene rings is 12. The van der Waals surface area contributed by atoms with E-state index in [-0.39, 0.29) is 0 Å². The molecule has 12 aromatic carbocycles. The zero-order valence-electron chi connectivity index (χ0n) is 32.0. The number of fused-ring (bicyclic) bond motifs is 16. The molecule has 13 aromatic rings. The van der Waals surface area contributed by atoms with Crippen molar-refractivity contribution in [2.45, 2.75) is 0 Å². The summed E-state index contributed by atoms with van der Waals surface area (Å²) in [4.78, 5) is 0. The average molecular weight is 747 g/mol. The summed E-state index contributed by atoms with van der Waals surface area (Å²) in [5, 5.41) is 20.2. The molecule has 1 nitrogen and oxygen atoms in total. The van der Waals surface area contributed by atoms with Crippen molar-refractivity contribution >= 4 is 97.3 Å². The lowest BCUT2D eigenvalue weighted by molar-refractivity contribution is 0.669. The van der Waals surface area contributed by atoms with Crippen LogP contribution in [0.3, 0.4) is 0 Å². The average Bonchev–Trinajstić information content (AvgIpc) is 3.68. The number of hydrogen-bond donors (Lipinski definition) is 0. The summed E-state index contributed by atoms with van der Waals surface area (Å²) < 4.78 is 6.65. The summed E-state index contributed by atoms with van der Waals surface area (Å²) in [5.41, 5.74) is 8.87. The molecule has 0 aliphatic heterocycles. The van der Waals surface area contributed by atoms with E-state index in [0.717, 1.165) is 33.1 Å². The minimum atomic E-state index is 0.899. The molecule has 59 heavy (non-hydrogen) atoms. The van der Waals surface area contributed by atoms with Crippen LogP contribution in [0, 0.1) is 0 Å². The van der Waals surface area contributed by atoms with E-state index >= 15 is 0 Å².